The van der Waals surface area contributed by atoms with E-state index in [2.05, 4.69) is 57.6 Å². The van der Waals surface area contributed by atoms with Gasteiger partial charge in [-0.25, -0.2) is 0 Å². The second kappa shape index (κ2) is 9.59. The number of nitrogens with one attached hydrogen (secondary N) is 2. The Morgan fingerprint density at radius 2 is 2.16 bits per heavy atom. The Balaban J connectivity index is 0.000000217. The molecule has 0 radical (unpaired) electrons. The van der Waals surface area contributed by atoms with Crippen molar-refractivity contribution in [2.75, 3.05) is 7.05 Å². The van der Waals surface area contributed by atoms with Crippen LogP contribution in [-0.4, -0.2) is 12.0 Å². The molecule has 1 atom stereocenters. The number of aromatic nitrogens is 1. The van der Waals surface area contributed by atoms with E-state index in [1.807, 2.05) is 32.2 Å². The van der Waals surface area contributed by atoms with E-state index in [-0.39, 0.29) is 0 Å². The van der Waals surface area contributed by atoms with Gasteiger partial charge < -0.3 is 10.3 Å². The zero-order valence-corrected chi connectivity index (χ0v) is 16.7. The first-order valence-electron chi connectivity index (χ1n) is 8.69. The summed E-state index contributed by atoms with van der Waals surface area (Å²) in [6.07, 6.45) is 13.1. The summed E-state index contributed by atoms with van der Waals surface area (Å²) in [5.41, 5.74) is 5.24. The number of aryl methyl sites for hydroxylation is 1. The molecule has 1 aromatic carbocycles. The highest BCUT2D eigenvalue weighted by Crippen LogP contribution is 2.35. The van der Waals surface area contributed by atoms with E-state index in [1.165, 1.54) is 41.4 Å². The lowest BCUT2D eigenvalue weighted by Gasteiger charge is -2.21. The third kappa shape index (κ3) is 4.83. The van der Waals surface area contributed by atoms with Gasteiger partial charge in [-0.05, 0) is 62.6 Å². The predicted octanol–water partition coefficient (Wildman–Crippen LogP) is 6.39. The normalized spacial score (nSPS) is 17.1. The molecule has 2 aromatic rings. The van der Waals surface area contributed by atoms with Gasteiger partial charge in [0.1, 0.15) is 0 Å². The minimum atomic E-state index is 0.495. The van der Waals surface area contributed by atoms with Crippen LogP contribution >= 0.6 is 15.9 Å². The molecule has 0 saturated carbocycles. The number of aromatic amines is 1. The number of hydrogen-bond donors (Lipinski definition) is 2. The number of rotatable bonds is 4. The molecule has 0 bridgehead atoms. The summed E-state index contributed by atoms with van der Waals surface area (Å²) < 4.78 is 1.16. The molecule has 2 nitrogen and oxygen atoms in total. The summed E-state index contributed by atoms with van der Waals surface area (Å²) in [7, 11) is 2.04. The monoisotopic (exact) mass is 398 g/mol. The van der Waals surface area contributed by atoms with E-state index in [0.29, 0.717) is 6.04 Å². The summed E-state index contributed by atoms with van der Waals surface area (Å²) in [4.78, 5) is 3.56. The van der Waals surface area contributed by atoms with Crippen LogP contribution in [0.1, 0.15) is 37.1 Å². The molecule has 1 aromatic heterocycles. The Labute approximate surface area is 159 Å². The van der Waals surface area contributed by atoms with Crippen LogP contribution in [0.5, 0.6) is 0 Å². The maximum atomic E-state index is 3.63. The first kappa shape index (κ1) is 19.5. The minimum absolute atomic E-state index is 0.495. The van der Waals surface area contributed by atoms with Crippen molar-refractivity contribution in [1.82, 2.24) is 10.3 Å². The van der Waals surface area contributed by atoms with Crippen LogP contribution in [-0.2, 0) is 6.42 Å². The number of H-pyrrole nitrogens is 1. The van der Waals surface area contributed by atoms with Gasteiger partial charge in [-0.15, -0.1) is 0 Å². The molecule has 0 spiro atoms. The number of halogens is 1. The van der Waals surface area contributed by atoms with E-state index < -0.39 is 0 Å². The van der Waals surface area contributed by atoms with E-state index in [4.69, 9.17) is 0 Å². The van der Waals surface area contributed by atoms with Crippen LogP contribution in [0.25, 0.3) is 10.9 Å². The van der Waals surface area contributed by atoms with Gasteiger partial charge in [-0.1, -0.05) is 59.5 Å². The van der Waals surface area contributed by atoms with Gasteiger partial charge in [0.05, 0.1) is 0 Å². The highest BCUT2D eigenvalue weighted by Gasteiger charge is 2.22. The van der Waals surface area contributed by atoms with Crippen molar-refractivity contribution >= 4 is 26.8 Å². The molecule has 1 heterocycles. The highest BCUT2D eigenvalue weighted by molar-refractivity contribution is 9.10. The van der Waals surface area contributed by atoms with Gasteiger partial charge in [0.25, 0.3) is 0 Å². The molecule has 3 heteroatoms. The Kier molecular flexibility index (Phi) is 7.48. The standard InChI is InChI=1S/C13H15BrN2.C9H12/c1-15-12-4-2-3-9-10-7-8(14)5-6-11(10)16-13(9)12;1-4-7-9(6-3)8-5-2/h5-7,12,15-16H,2-4H2,1H3;4-8H,1,3H2,2H3/b;8-5-,9-7-. The van der Waals surface area contributed by atoms with Crippen molar-refractivity contribution in [2.24, 2.45) is 0 Å². The summed E-state index contributed by atoms with van der Waals surface area (Å²) in [5.74, 6) is 0. The van der Waals surface area contributed by atoms with E-state index in [1.54, 1.807) is 12.2 Å². The molecule has 1 aliphatic carbocycles. The first-order chi connectivity index (χ1) is 12.1. The minimum Gasteiger partial charge on any atom is -0.357 e. The highest BCUT2D eigenvalue weighted by atomic mass is 79.9. The molecule has 132 valence electrons. The molecule has 25 heavy (non-hydrogen) atoms. The lowest BCUT2D eigenvalue weighted by atomic mass is 9.92. The molecule has 3 rings (SSSR count). The lowest BCUT2D eigenvalue weighted by molar-refractivity contribution is 0.489. The molecule has 1 aliphatic rings. The first-order valence-corrected chi connectivity index (χ1v) is 9.49. The van der Waals surface area contributed by atoms with Crippen LogP contribution in [0.2, 0.25) is 0 Å². The molecule has 0 fully saturated rings. The fraction of sp³-hybridized carbons (Fsp3) is 0.273. The van der Waals surface area contributed by atoms with Crippen LogP contribution in [0.4, 0.5) is 0 Å². The molecule has 2 N–H and O–H groups in total. The number of allylic oxidation sites excluding steroid dienone is 6. The average molecular weight is 399 g/mol. The molecule has 0 aliphatic heterocycles. The van der Waals surface area contributed by atoms with E-state index in [0.717, 1.165) is 10.0 Å². The Morgan fingerprint density at radius 3 is 2.80 bits per heavy atom. The number of benzene rings is 1. The Hall–Kier alpha value is -1.84. The van der Waals surface area contributed by atoms with Crippen molar-refractivity contribution in [3.63, 3.8) is 0 Å². The fourth-order valence-corrected chi connectivity index (χ4v) is 3.60. The molecule has 1 unspecified atom stereocenters. The van der Waals surface area contributed by atoms with Crippen LogP contribution < -0.4 is 5.32 Å². The van der Waals surface area contributed by atoms with Gasteiger partial charge in [0, 0.05) is 27.1 Å². The van der Waals surface area contributed by atoms with Gasteiger partial charge in [0.2, 0.25) is 0 Å². The summed E-state index contributed by atoms with van der Waals surface area (Å²) in [5, 5.41) is 4.77. The van der Waals surface area contributed by atoms with Crippen molar-refractivity contribution in [3.8, 4) is 0 Å². The van der Waals surface area contributed by atoms with Gasteiger partial charge >= 0.3 is 0 Å². The van der Waals surface area contributed by atoms with Gasteiger partial charge in [-0.3, -0.25) is 0 Å². The SMILES string of the molecule is C=C/C=C(C=C)\C=C/C.CNC1CCCc2c1[nH]c1ccc(Br)cc21. The predicted molar refractivity (Wildman–Crippen MR) is 114 cm³/mol. The fourth-order valence-electron chi connectivity index (χ4n) is 3.24. The maximum absolute atomic E-state index is 3.63. The molecular weight excluding hydrogens is 372 g/mol. The van der Waals surface area contributed by atoms with Crippen LogP contribution in [0.3, 0.4) is 0 Å². The zero-order valence-electron chi connectivity index (χ0n) is 15.1. The van der Waals surface area contributed by atoms with Crippen molar-refractivity contribution in [1.29, 1.82) is 0 Å². The topological polar surface area (TPSA) is 27.8 Å². The molecule has 0 amide bonds. The summed E-state index contributed by atoms with van der Waals surface area (Å²) in [6, 6.07) is 6.97. The third-order valence-electron chi connectivity index (χ3n) is 4.42. The van der Waals surface area contributed by atoms with Crippen molar-refractivity contribution in [2.45, 2.75) is 32.2 Å². The van der Waals surface area contributed by atoms with Gasteiger partial charge in [0.15, 0.2) is 0 Å². The number of hydrogen-bond acceptors (Lipinski definition) is 1. The zero-order chi connectivity index (χ0) is 18.2. The Bertz CT molecular complexity index is 796. The van der Waals surface area contributed by atoms with Crippen molar-refractivity contribution < 1.29 is 0 Å². The van der Waals surface area contributed by atoms with E-state index >= 15 is 0 Å². The Morgan fingerprint density at radius 1 is 1.36 bits per heavy atom. The van der Waals surface area contributed by atoms with Gasteiger partial charge in [-0.2, -0.15) is 0 Å². The quantitative estimate of drug-likeness (QED) is 0.573. The average Bonchev–Trinajstić information content (AvgIpc) is 3.00. The largest absolute Gasteiger partial charge is 0.357 e. The number of fused-ring (bicyclic) bond motifs is 3. The van der Waals surface area contributed by atoms with Crippen LogP contribution in [0, 0.1) is 0 Å². The lowest BCUT2D eigenvalue weighted by Crippen LogP contribution is -2.21. The smallest absolute Gasteiger partial charge is 0.0473 e. The molecular formula is C22H27BrN2. The second-order valence-corrected chi connectivity index (χ2v) is 6.96. The van der Waals surface area contributed by atoms with Crippen LogP contribution in [0.15, 0.2) is 71.8 Å². The summed E-state index contributed by atoms with van der Waals surface area (Å²) >= 11 is 3.55. The second-order valence-electron chi connectivity index (χ2n) is 6.05. The third-order valence-corrected chi connectivity index (χ3v) is 4.92. The summed E-state index contributed by atoms with van der Waals surface area (Å²) in [6.45, 7) is 9.18. The van der Waals surface area contributed by atoms with Crippen molar-refractivity contribution in [3.05, 3.63) is 83.0 Å². The maximum Gasteiger partial charge on any atom is 0.0473 e. The van der Waals surface area contributed by atoms with E-state index in [9.17, 15) is 0 Å². The molecule has 0 saturated heterocycles.